The highest BCUT2D eigenvalue weighted by molar-refractivity contribution is 7.53. The van der Waals surface area contributed by atoms with Gasteiger partial charge in [-0.05, 0) is 19.4 Å². The lowest BCUT2D eigenvalue weighted by atomic mass is 10.2. The van der Waals surface area contributed by atoms with Crippen LogP contribution in [-0.2, 0) is 14.1 Å². The van der Waals surface area contributed by atoms with Crippen LogP contribution in [0.5, 0.6) is 0 Å². The summed E-state index contributed by atoms with van der Waals surface area (Å²) in [5, 5.41) is 0. The third kappa shape index (κ3) is 3.83. The molecule has 0 amide bonds. The number of ketones is 1. The Morgan fingerprint density at radius 3 is 2.31 bits per heavy atom. The van der Waals surface area contributed by atoms with Gasteiger partial charge in [-0.25, -0.2) is 0 Å². The Morgan fingerprint density at radius 1 is 1.62 bits per heavy atom. The minimum atomic E-state index is -4.53. The summed E-state index contributed by atoms with van der Waals surface area (Å²) in [4.78, 5) is 28.7. The lowest BCUT2D eigenvalue weighted by molar-refractivity contribution is -0.122. The molecule has 1 atom stereocenters. The predicted molar refractivity (Wildman–Crippen MR) is 47.3 cm³/mol. The molecule has 0 aromatic carbocycles. The van der Waals surface area contributed by atoms with Gasteiger partial charge in [0, 0.05) is 6.61 Å². The van der Waals surface area contributed by atoms with Crippen molar-refractivity contribution in [3.05, 3.63) is 12.2 Å². The number of hydrogen-bond donors (Lipinski definition) is 2. The number of hydrogen-bond acceptors (Lipinski definition) is 3. The van der Waals surface area contributed by atoms with E-state index in [1.807, 2.05) is 0 Å². The molecule has 0 aromatic heterocycles. The average Bonchev–Trinajstić information content (AvgIpc) is 1.96. The van der Waals surface area contributed by atoms with Crippen LogP contribution in [0, 0.1) is 0 Å². The fraction of sp³-hybridized carbons (Fsp3) is 0.571. The van der Waals surface area contributed by atoms with Gasteiger partial charge in [0.1, 0.15) is 0 Å². The minimum absolute atomic E-state index is 0.0643. The molecule has 0 rings (SSSR count). The Bertz CT molecular complexity index is 254. The highest BCUT2D eigenvalue weighted by Gasteiger charge is 2.36. The number of ether oxygens (including phenoxy) is 1. The van der Waals surface area contributed by atoms with Gasteiger partial charge < -0.3 is 14.5 Å². The molecule has 0 aliphatic heterocycles. The van der Waals surface area contributed by atoms with Crippen molar-refractivity contribution in [2.24, 2.45) is 0 Å². The van der Waals surface area contributed by atoms with Crippen molar-refractivity contribution in [2.75, 3.05) is 6.61 Å². The molecular weight excluding hydrogens is 195 g/mol. The Balaban J connectivity index is 4.72. The molecule has 0 spiro atoms. The van der Waals surface area contributed by atoms with E-state index in [0.717, 1.165) is 0 Å². The van der Waals surface area contributed by atoms with Crippen molar-refractivity contribution >= 4 is 13.4 Å². The second-order valence-electron chi connectivity index (χ2n) is 2.54. The largest absolute Gasteiger partial charge is 0.362 e. The summed E-state index contributed by atoms with van der Waals surface area (Å²) in [5.74, 6) is -2.45. The summed E-state index contributed by atoms with van der Waals surface area (Å²) in [6.07, 6.45) is 0. The van der Waals surface area contributed by atoms with E-state index in [0.29, 0.717) is 0 Å². The molecular formula is C7H13O5P. The number of carbonyl (C=O) groups is 1. The third-order valence-electron chi connectivity index (χ3n) is 1.27. The standard InChI is InChI=1S/C7H13O5P/c1-4-12-7(13(9,10)11)6(8)5(2)3/h7H,2,4H2,1,3H3,(H2,9,10,11). The summed E-state index contributed by atoms with van der Waals surface area (Å²) < 4.78 is 15.4. The van der Waals surface area contributed by atoms with Gasteiger partial charge in [0.25, 0.3) is 0 Å². The van der Waals surface area contributed by atoms with Crippen LogP contribution < -0.4 is 0 Å². The predicted octanol–water partition coefficient (Wildman–Crippen LogP) is 0.672. The molecule has 13 heavy (non-hydrogen) atoms. The topological polar surface area (TPSA) is 83.8 Å². The first-order valence-electron chi connectivity index (χ1n) is 3.67. The molecule has 2 N–H and O–H groups in total. The smallest absolute Gasteiger partial charge is 0.358 e. The quantitative estimate of drug-likeness (QED) is 0.512. The molecule has 0 aliphatic rings. The van der Waals surface area contributed by atoms with Gasteiger partial charge >= 0.3 is 7.60 Å². The maximum atomic E-state index is 11.2. The fourth-order valence-electron chi connectivity index (χ4n) is 0.694. The minimum Gasteiger partial charge on any atom is -0.358 e. The number of carbonyl (C=O) groups excluding carboxylic acids is 1. The van der Waals surface area contributed by atoms with Crippen LogP contribution in [0.25, 0.3) is 0 Å². The van der Waals surface area contributed by atoms with Crippen molar-refractivity contribution in [3.8, 4) is 0 Å². The van der Waals surface area contributed by atoms with Crippen molar-refractivity contribution in [1.82, 2.24) is 0 Å². The first-order valence-corrected chi connectivity index (χ1v) is 5.35. The molecule has 0 saturated carbocycles. The van der Waals surface area contributed by atoms with Crippen molar-refractivity contribution < 1.29 is 23.9 Å². The highest BCUT2D eigenvalue weighted by atomic mass is 31.2. The van der Waals surface area contributed by atoms with Crippen LogP contribution in [0.1, 0.15) is 13.8 Å². The first kappa shape index (κ1) is 12.5. The molecule has 76 valence electrons. The molecule has 0 heterocycles. The molecule has 0 radical (unpaired) electrons. The summed E-state index contributed by atoms with van der Waals surface area (Å²) in [5.41, 5.74) is 0.0711. The van der Waals surface area contributed by atoms with E-state index < -0.39 is 19.2 Å². The highest BCUT2D eigenvalue weighted by Crippen LogP contribution is 2.42. The van der Waals surface area contributed by atoms with E-state index in [1.165, 1.54) is 6.92 Å². The maximum absolute atomic E-state index is 11.2. The van der Waals surface area contributed by atoms with Gasteiger partial charge in [0.2, 0.25) is 5.85 Å². The Kier molecular flexibility index (Phi) is 4.50. The molecule has 0 bridgehead atoms. The molecule has 0 aromatic rings. The van der Waals surface area contributed by atoms with E-state index in [9.17, 15) is 9.36 Å². The fourth-order valence-corrected chi connectivity index (χ4v) is 1.56. The van der Waals surface area contributed by atoms with Crippen LogP contribution >= 0.6 is 7.60 Å². The second kappa shape index (κ2) is 4.67. The molecule has 1 unspecified atom stereocenters. The zero-order valence-corrected chi connectivity index (χ0v) is 8.45. The lowest BCUT2D eigenvalue weighted by Gasteiger charge is -2.16. The number of Topliss-reactive ketones (excluding diaryl/α,β-unsaturated/α-hetero) is 1. The summed E-state index contributed by atoms with van der Waals surface area (Å²) >= 11 is 0. The SMILES string of the molecule is C=C(C)C(=O)C(OCC)P(=O)(O)O. The van der Waals surface area contributed by atoms with Crippen LogP contribution in [0.2, 0.25) is 0 Å². The van der Waals surface area contributed by atoms with Crippen molar-refractivity contribution in [3.63, 3.8) is 0 Å². The van der Waals surface area contributed by atoms with Crippen LogP contribution in [-0.4, -0.2) is 28.0 Å². The summed E-state index contributed by atoms with van der Waals surface area (Å²) in [6.45, 7) is 6.29. The average molecular weight is 208 g/mol. The number of rotatable bonds is 5. The monoisotopic (exact) mass is 208 g/mol. The lowest BCUT2D eigenvalue weighted by Crippen LogP contribution is -2.24. The van der Waals surface area contributed by atoms with Gasteiger partial charge in [0.15, 0.2) is 5.78 Å². The Hall–Kier alpha value is -0.480. The van der Waals surface area contributed by atoms with Gasteiger partial charge in [-0.15, -0.1) is 0 Å². The molecule has 0 fully saturated rings. The Labute approximate surface area is 76.6 Å². The first-order chi connectivity index (χ1) is 5.80. The van der Waals surface area contributed by atoms with Crippen LogP contribution in [0.15, 0.2) is 12.2 Å². The van der Waals surface area contributed by atoms with Crippen molar-refractivity contribution in [1.29, 1.82) is 0 Å². The maximum Gasteiger partial charge on any atom is 0.362 e. The molecule has 0 saturated heterocycles. The van der Waals surface area contributed by atoms with Crippen molar-refractivity contribution in [2.45, 2.75) is 19.7 Å². The van der Waals surface area contributed by atoms with E-state index in [4.69, 9.17) is 9.79 Å². The third-order valence-corrected chi connectivity index (χ3v) is 2.27. The molecule has 5 nitrogen and oxygen atoms in total. The van der Waals surface area contributed by atoms with E-state index in [1.54, 1.807) is 6.92 Å². The summed E-state index contributed by atoms with van der Waals surface area (Å²) in [7, 11) is -4.53. The molecule has 6 heteroatoms. The zero-order valence-electron chi connectivity index (χ0n) is 7.56. The van der Waals surface area contributed by atoms with Gasteiger partial charge in [-0.2, -0.15) is 0 Å². The van der Waals surface area contributed by atoms with E-state index in [2.05, 4.69) is 11.3 Å². The van der Waals surface area contributed by atoms with E-state index >= 15 is 0 Å². The van der Waals surface area contributed by atoms with E-state index in [-0.39, 0.29) is 12.2 Å². The van der Waals surface area contributed by atoms with Gasteiger partial charge in [-0.1, -0.05) is 6.58 Å². The van der Waals surface area contributed by atoms with Gasteiger partial charge in [0.05, 0.1) is 0 Å². The zero-order chi connectivity index (χ0) is 10.6. The second-order valence-corrected chi connectivity index (χ2v) is 4.19. The molecule has 0 aliphatic carbocycles. The van der Waals surface area contributed by atoms with Crippen LogP contribution in [0.3, 0.4) is 0 Å². The Morgan fingerprint density at radius 2 is 2.08 bits per heavy atom. The normalized spacial score (nSPS) is 13.8. The van der Waals surface area contributed by atoms with Crippen LogP contribution in [0.4, 0.5) is 0 Å². The van der Waals surface area contributed by atoms with Gasteiger partial charge in [-0.3, -0.25) is 9.36 Å². The summed E-state index contributed by atoms with van der Waals surface area (Å²) in [6, 6.07) is 0.